The maximum atomic E-state index is 12.6. The van der Waals surface area contributed by atoms with Gasteiger partial charge in [-0.3, -0.25) is 19.4 Å². The number of carboxylic acids is 2. The Morgan fingerprint density at radius 1 is 0.962 bits per heavy atom. The van der Waals surface area contributed by atoms with Crippen molar-refractivity contribution in [2.24, 2.45) is 10.8 Å². The van der Waals surface area contributed by atoms with Crippen molar-refractivity contribution in [3.05, 3.63) is 42.4 Å². The Balaban J connectivity index is 1.56. The first-order valence-electron chi connectivity index (χ1n) is 7.89. The molecular weight excluding hydrogens is 340 g/mol. The molecule has 2 fully saturated rings. The standard InChI is InChI=1S/C17H14N4O5/c22-13(10-5-19-12(20-6-10)11-3-1-2-4-18-11)21-8-16(14(23)24)7-17(16,9-21)15(25)26/h1-6H,7-9H2,(H,23,24)(H,25,26)/t16-,17+. The molecule has 2 aromatic rings. The average Bonchev–Trinajstić information content (AvgIpc) is 3.20. The second kappa shape index (κ2) is 5.32. The van der Waals surface area contributed by atoms with Crippen molar-refractivity contribution >= 4 is 17.8 Å². The van der Waals surface area contributed by atoms with Crippen LogP contribution in [0.5, 0.6) is 0 Å². The zero-order chi connectivity index (χ0) is 18.5. The van der Waals surface area contributed by atoms with Crippen LogP contribution >= 0.6 is 0 Å². The number of pyridine rings is 1. The fourth-order valence-electron chi connectivity index (χ4n) is 3.68. The van der Waals surface area contributed by atoms with Gasteiger partial charge in [-0.25, -0.2) is 9.97 Å². The summed E-state index contributed by atoms with van der Waals surface area (Å²) in [7, 11) is 0. The first-order chi connectivity index (χ1) is 12.4. The molecule has 132 valence electrons. The third-order valence-electron chi connectivity index (χ3n) is 5.21. The third-order valence-corrected chi connectivity index (χ3v) is 5.21. The van der Waals surface area contributed by atoms with E-state index >= 15 is 0 Å². The quantitative estimate of drug-likeness (QED) is 0.812. The molecule has 3 heterocycles. The number of amides is 1. The molecule has 1 saturated carbocycles. The minimum atomic E-state index is -1.40. The highest BCUT2D eigenvalue weighted by atomic mass is 16.4. The molecule has 2 N–H and O–H groups in total. The summed E-state index contributed by atoms with van der Waals surface area (Å²) in [4.78, 5) is 49.4. The molecule has 1 aliphatic heterocycles. The van der Waals surface area contributed by atoms with E-state index in [9.17, 15) is 24.6 Å². The number of aliphatic carboxylic acids is 2. The van der Waals surface area contributed by atoms with E-state index < -0.39 is 28.7 Å². The lowest BCUT2D eigenvalue weighted by Crippen LogP contribution is -2.34. The van der Waals surface area contributed by atoms with E-state index in [1.165, 1.54) is 17.3 Å². The van der Waals surface area contributed by atoms with Gasteiger partial charge in [-0.2, -0.15) is 0 Å². The summed E-state index contributed by atoms with van der Waals surface area (Å²) in [5.41, 5.74) is -2.07. The minimum Gasteiger partial charge on any atom is -0.481 e. The van der Waals surface area contributed by atoms with Gasteiger partial charge in [0.1, 0.15) is 16.5 Å². The number of hydrogen-bond donors (Lipinski definition) is 2. The fraction of sp³-hybridized carbons (Fsp3) is 0.294. The van der Waals surface area contributed by atoms with Crippen LogP contribution in [0.1, 0.15) is 16.8 Å². The van der Waals surface area contributed by atoms with Crippen molar-refractivity contribution < 1.29 is 24.6 Å². The zero-order valence-electron chi connectivity index (χ0n) is 13.5. The predicted octanol–water partition coefficient (Wildman–Crippen LogP) is 0.540. The molecule has 9 nitrogen and oxygen atoms in total. The number of aromatic nitrogens is 3. The number of rotatable bonds is 4. The second-order valence-electron chi connectivity index (χ2n) is 6.62. The highest BCUT2D eigenvalue weighted by molar-refractivity contribution is 5.99. The van der Waals surface area contributed by atoms with Crippen molar-refractivity contribution in [3.63, 3.8) is 0 Å². The van der Waals surface area contributed by atoms with E-state index in [0.717, 1.165) is 0 Å². The largest absolute Gasteiger partial charge is 0.481 e. The number of fused-ring (bicyclic) bond motifs is 1. The van der Waals surface area contributed by atoms with Gasteiger partial charge in [0.15, 0.2) is 5.82 Å². The molecule has 0 bridgehead atoms. The van der Waals surface area contributed by atoms with Crippen LogP contribution in [0.3, 0.4) is 0 Å². The Morgan fingerprint density at radius 2 is 1.58 bits per heavy atom. The molecular formula is C17H14N4O5. The summed E-state index contributed by atoms with van der Waals surface area (Å²) < 4.78 is 0. The molecule has 2 atom stereocenters. The normalized spacial score (nSPS) is 26.2. The van der Waals surface area contributed by atoms with Crippen LogP contribution in [0.25, 0.3) is 11.5 Å². The van der Waals surface area contributed by atoms with Gasteiger partial charge in [0.05, 0.1) is 5.56 Å². The second-order valence-corrected chi connectivity index (χ2v) is 6.62. The van der Waals surface area contributed by atoms with Crippen LogP contribution in [0.2, 0.25) is 0 Å². The molecule has 1 saturated heterocycles. The van der Waals surface area contributed by atoms with Crippen molar-refractivity contribution in [2.75, 3.05) is 13.1 Å². The lowest BCUT2D eigenvalue weighted by molar-refractivity contribution is -0.151. The average molecular weight is 354 g/mol. The van der Waals surface area contributed by atoms with Gasteiger partial charge in [-0.15, -0.1) is 0 Å². The maximum Gasteiger partial charge on any atom is 0.312 e. The first-order valence-corrected chi connectivity index (χ1v) is 7.89. The fourth-order valence-corrected chi connectivity index (χ4v) is 3.68. The molecule has 0 spiro atoms. The molecule has 0 radical (unpaired) electrons. The predicted molar refractivity (Wildman–Crippen MR) is 85.9 cm³/mol. The van der Waals surface area contributed by atoms with Crippen LogP contribution in [-0.4, -0.2) is 61.0 Å². The van der Waals surface area contributed by atoms with E-state index in [2.05, 4.69) is 15.0 Å². The molecule has 9 heteroatoms. The van der Waals surface area contributed by atoms with Crippen molar-refractivity contribution in [1.82, 2.24) is 19.9 Å². The molecule has 0 aromatic carbocycles. The van der Waals surface area contributed by atoms with Gasteiger partial charge in [-0.1, -0.05) is 6.07 Å². The first kappa shape index (κ1) is 16.1. The lowest BCUT2D eigenvalue weighted by atomic mass is 9.97. The monoisotopic (exact) mass is 354 g/mol. The van der Waals surface area contributed by atoms with Gasteiger partial charge in [0.2, 0.25) is 0 Å². The number of carbonyl (C=O) groups excluding carboxylic acids is 1. The topological polar surface area (TPSA) is 134 Å². The van der Waals surface area contributed by atoms with Crippen molar-refractivity contribution in [2.45, 2.75) is 6.42 Å². The molecule has 1 amide bonds. The van der Waals surface area contributed by atoms with Crippen LogP contribution in [0.4, 0.5) is 0 Å². The number of carbonyl (C=O) groups is 3. The number of carboxylic acid groups (broad SMARTS) is 2. The van der Waals surface area contributed by atoms with Gasteiger partial charge in [-0.05, 0) is 18.6 Å². The van der Waals surface area contributed by atoms with Gasteiger partial charge in [0, 0.05) is 31.7 Å². The number of hydrogen-bond acceptors (Lipinski definition) is 6. The van der Waals surface area contributed by atoms with E-state index in [0.29, 0.717) is 11.5 Å². The molecule has 4 rings (SSSR count). The van der Waals surface area contributed by atoms with Crippen LogP contribution in [0, 0.1) is 10.8 Å². The van der Waals surface area contributed by atoms with Crippen molar-refractivity contribution in [3.8, 4) is 11.5 Å². The summed E-state index contributed by atoms with van der Waals surface area (Å²) in [5.74, 6) is -2.49. The third kappa shape index (κ3) is 2.10. The summed E-state index contributed by atoms with van der Waals surface area (Å²) in [5, 5.41) is 18.9. The molecule has 2 aliphatic rings. The van der Waals surface area contributed by atoms with Crippen molar-refractivity contribution in [1.29, 1.82) is 0 Å². The lowest BCUT2D eigenvalue weighted by Gasteiger charge is -2.19. The molecule has 26 heavy (non-hydrogen) atoms. The number of likely N-dealkylation sites (tertiary alicyclic amines) is 1. The Kier molecular flexibility index (Phi) is 3.30. The highest BCUT2D eigenvalue weighted by Crippen LogP contribution is 2.68. The van der Waals surface area contributed by atoms with E-state index in [1.54, 1.807) is 24.4 Å². The number of nitrogens with zero attached hydrogens (tertiary/aromatic N) is 4. The van der Waals surface area contributed by atoms with Gasteiger partial charge >= 0.3 is 11.9 Å². The van der Waals surface area contributed by atoms with Crippen LogP contribution < -0.4 is 0 Å². The minimum absolute atomic E-state index is 0.0452. The number of piperidine rings is 1. The zero-order valence-corrected chi connectivity index (χ0v) is 13.5. The Bertz CT molecular complexity index is 889. The maximum absolute atomic E-state index is 12.6. The molecule has 2 aromatic heterocycles. The van der Waals surface area contributed by atoms with E-state index in [1.807, 2.05) is 0 Å². The SMILES string of the molecule is O=C(c1cnc(-c2ccccn2)nc1)N1C[C@@]2(C(=O)O)C[C@@]2(C(=O)O)C1. The molecule has 1 aliphatic carbocycles. The summed E-state index contributed by atoms with van der Waals surface area (Å²) in [6.45, 7) is -0.259. The van der Waals surface area contributed by atoms with E-state index in [4.69, 9.17) is 0 Å². The van der Waals surface area contributed by atoms with E-state index in [-0.39, 0.29) is 25.1 Å². The Morgan fingerprint density at radius 3 is 2.08 bits per heavy atom. The van der Waals surface area contributed by atoms with Crippen LogP contribution in [-0.2, 0) is 9.59 Å². The highest BCUT2D eigenvalue weighted by Gasteiger charge is 2.81. The Hall–Kier alpha value is -3.36. The summed E-state index contributed by atoms with van der Waals surface area (Å²) in [6.07, 6.45) is 4.32. The van der Waals surface area contributed by atoms with Crippen LogP contribution in [0.15, 0.2) is 36.8 Å². The van der Waals surface area contributed by atoms with Gasteiger partial charge in [0.25, 0.3) is 5.91 Å². The molecule has 0 unspecified atom stereocenters. The van der Waals surface area contributed by atoms with Gasteiger partial charge < -0.3 is 15.1 Å². The summed E-state index contributed by atoms with van der Waals surface area (Å²) >= 11 is 0. The summed E-state index contributed by atoms with van der Waals surface area (Å²) in [6, 6.07) is 5.28. The Labute approximate surface area is 147 Å². The smallest absolute Gasteiger partial charge is 0.312 e.